The molecule has 0 amide bonds. The van der Waals surface area contributed by atoms with Gasteiger partial charge in [0.1, 0.15) is 5.82 Å². The van der Waals surface area contributed by atoms with Gasteiger partial charge in [0.2, 0.25) is 0 Å². The van der Waals surface area contributed by atoms with Gasteiger partial charge in [-0.2, -0.15) is 6.07 Å². The maximum absolute atomic E-state index is 4.93. The molecule has 0 atom stereocenters. The molecule has 0 aliphatic carbocycles. The van der Waals surface area contributed by atoms with Crippen molar-refractivity contribution in [2.24, 2.45) is 0 Å². The topological polar surface area (TPSA) is 34.0 Å². The first-order valence-corrected chi connectivity index (χ1v) is 11.4. The molecular formula is C28H18N4PtS. The molecule has 3 aromatic heterocycles. The number of rotatable bonds is 5. The Morgan fingerprint density at radius 1 is 0.794 bits per heavy atom. The van der Waals surface area contributed by atoms with Gasteiger partial charge in [-0.25, -0.2) is 4.37 Å². The molecule has 6 rings (SSSR count). The second-order valence-corrected chi connectivity index (χ2v) is 8.31. The molecule has 3 heterocycles. The first-order valence-electron chi connectivity index (χ1n) is 10.6. The molecule has 4 nitrogen and oxygen atoms in total. The van der Waals surface area contributed by atoms with Crippen molar-refractivity contribution >= 4 is 38.8 Å². The van der Waals surface area contributed by atoms with E-state index in [0.29, 0.717) is 0 Å². The van der Waals surface area contributed by atoms with Gasteiger partial charge in [-0.05, 0) is 46.9 Å². The average molecular weight is 638 g/mol. The van der Waals surface area contributed by atoms with Gasteiger partial charge in [-0.15, -0.1) is 42.1 Å². The van der Waals surface area contributed by atoms with Gasteiger partial charge in [0.25, 0.3) is 0 Å². The first-order chi connectivity index (χ1) is 16.4. The number of hydrogen-bond acceptors (Lipinski definition) is 4. The van der Waals surface area contributed by atoms with Crippen LogP contribution in [0.4, 0.5) is 17.2 Å². The molecule has 0 saturated carbocycles. The number of nitrogens with zero attached hydrogens (tertiary/aromatic N) is 4. The van der Waals surface area contributed by atoms with E-state index in [2.05, 4.69) is 59.6 Å². The maximum atomic E-state index is 4.93. The minimum Gasteiger partial charge on any atom is -0.436 e. The van der Waals surface area contributed by atoms with E-state index >= 15 is 0 Å². The zero-order valence-electron chi connectivity index (χ0n) is 17.9. The van der Waals surface area contributed by atoms with Crippen molar-refractivity contribution in [2.45, 2.75) is 0 Å². The molecule has 0 fully saturated rings. The van der Waals surface area contributed by atoms with Gasteiger partial charge in [-0.3, -0.25) is 4.98 Å². The Bertz CT molecular complexity index is 1530. The second-order valence-electron chi connectivity index (χ2n) is 7.51. The number of aromatic nitrogens is 3. The van der Waals surface area contributed by atoms with Crippen molar-refractivity contribution in [1.29, 1.82) is 0 Å². The van der Waals surface area contributed by atoms with Crippen LogP contribution in [0.1, 0.15) is 0 Å². The van der Waals surface area contributed by atoms with Crippen LogP contribution in [0, 0.1) is 12.3 Å². The fourth-order valence-corrected chi connectivity index (χ4v) is 4.67. The Balaban J connectivity index is 0.00000241. The zero-order valence-corrected chi connectivity index (χ0v) is 21.0. The van der Waals surface area contributed by atoms with Crippen LogP contribution >= 0.6 is 11.5 Å². The monoisotopic (exact) mass is 637 g/mol. The molecule has 6 aromatic rings. The number of fused-ring (bicyclic) bond motifs is 1. The molecule has 0 N–H and O–H groups in total. The fourth-order valence-electron chi connectivity index (χ4n) is 3.89. The molecule has 0 radical (unpaired) electrons. The van der Waals surface area contributed by atoms with Gasteiger partial charge < -0.3 is 9.47 Å². The largest absolute Gasteiger partial charge is 2.00 e. The summed E-state index contributed by atoms with van der Waals surface area (Å²) in [5, 5.41) is 1.14. The molecule has 0 aliphatic heterocycles. The maximum Gasteiger partial charge on any atom is 2.00 e. The van der Waals surface area contributed by atoms with E-state index in [1.165, 1.54) is 16.2 Å². The van der Waals surface area contributed by atoms with E-state index in [1.807, 2.05) is 71.4 Å². The molecule has 0 spiro atoms. The van der Waals surface area contributed by atoms with Gasteiger partial charge >= 0.3 is 21.1 Å². The van der Waals surface area contributed by atoms with Crippen LogP contribution in [0.3, 0.4) is 0 Å². The number of para-hydroxylation sites is 1. The van der Waals surface area contributed by atoms with E-state index < -0.39 is 0 Å². The molecule has 3 aromatic carbocycles. The standard InChI is InChI=1S/C28H18N4S.Pt/c1-2-11-22(12-3-1)32(27-17-9-16-26(29-27)31-18-6-7-19-31)23-13-8-10-21(20-23)28-24-14-4-5-15-25(24)33-30-28;/h1-18H;/q-2;+2. The predicted octanol–water partition coefficient (Wildman–Crippen LogP) is 7.22. The van der Waals surface area contributed by atoms with Crippen LogP contribution in [0.5, 0.6) is 0 Å². The van der Waals surface area contributed by atoms with Crippen LogP contribution in [0.25, 0.3) is 27.2 Å². The second kappa shape index (κ2) is 9.76. The van der Waals surface area contributed by atoms with Gasteiger partial charge in [-0.1, -0.05) is 54.7 Å². The summed E-state index contributed by atoms with van der Waals surface area (Å²) in [6, 6.07) is 38.1. The molecule has 0 saturated heterocycles. The Labute approximate surface area is 216 Å². The van der Waals surface area contributed by atoms with Crippen molar-refractivity contribution in [1.82, 2.24) is 13.9 Å². The fraction of sp³-hybridized carbons (Fsp3) is 0. The predicted molar refractivity (Wildman–Crippen MR) is 135 cm³/mol. The summed E-state index contributed by atoms with van der Waals surface area (Å²) in [4.78, 5) is 7.05. The summed E-state index contributed by atoms with van der Waals surface area (Å²) in [5.41, 5.74) is 3.82. The molecular weight excluding hydrogens is 619 g/mol. The molecule has 6 heteroatoms. The quantitative estimate of drug-likeness (QED) is 0.187. The zero-order chi connectivity index (χ0) is 22.0. The molecule has 0 bridgehead atoms. The van der Waals surface area contributed by atoms with Crippen molar-refractivity contribution in [3.63, 3.8) is 0 Å². The van der Waals surface area contributed by atoms with Crippen molar-refractivity contribution in [3.05, 3.63) is 122 Å². The van der Waals surface area contributed by atoms with Crippen molar-refractivity contribution in [3.8, 4) is 17.1 Å². The van der Waals surface area contributed by atoms with Crippen LogP contribution < -0.4 is 4.90 Å². The SMILES string of the molecule is [Pt+2].[c-]1c(-c2nsc3ccccc23)cccc1N(c1ccccc1)c1cccc(-n2[c-]ccc2)n1. The van der Waals surface area contributed by atoms with E-state index in [9.17, 15) is 0 Å². The number of benzene rings is 3. The average Bonchev–Trinajstić information content (AvgIpc) is 3.56. The van der Waals surface area contributed by atoms with Gasteiger partial charge in [0.15, 0.2) is 0 Å². The third-order valence-electron chi connectivity index (χ3n) is 5.41. The Morgan fingerprint density at radius 3 is 2.47 bits per heavy atom. The number of hydrogen-bond donors (Lipinski definition) is 0. The Morgan fingerprint density at radius 2 is 1.62 bits per heavy atom. The summed E-state index contributed by atoms with van der Waals surface area (Å²) in [6.45, 7) is 0. The van der Waals surface area contributed by atoms with Crippen molar-refractivity contribution in [2.75, 3.05) is 4.90 Å². The summed E-state index contributed by atoms with van der Waals surface area (Å²) >= 11 is 1.51. The Hall–Kier alpha value is -3.53. The first kappa shape index (κ1) is 22.3. The minimum atomic E-state index is 0. The van der Waals surface area contributed by atoms with Crippen LogP contribution in [0.15, 0.2) is 109 Å². The van der Waals surface area contributed by atoms with Crippen LogP contribution in [-0.4, -0.2) is 13.9 Å². The van der Waals surface area contributed by atoms with E-state index in [4.69, 9.17) is 9.36 Å². The van der Waals surface area contributed by atoms with Gasteiger partial charge in [0.05, 0.1) is 5.82 Å². The third kappa shape index (κ3) is 4.21. The van der Waals surface area contributed by atoms with Crippen molar-refractivity contribution < 1.29 is 21.1 Å². The summed E-state index contributed by atoms with van der Waals surface area (Å²) < 4.78 is 7.78. The smallest absolute Gasteiger partial charge is 0.436 e. The van der Waals surface area contributed by atoms with Gasteiger partial charge in [0, 0.05) is 16.1 Å². The van der Waals surface area contributed by atoms with E-state index in [-0.39, 0.29) is 21.1 Å². The number of anilines is 3. The molecule has 0 unspecified atom stereocenters. The minimum absolute atomic E-state index is 0. The van der Waals surface area contributed by atoms with Crippen LogP contribution in [-0.2, 0) is 21.1 Å². The molecule has 34 heavy (non-hydrogen) atoms. The molecule has 0 aliphatic rings. The number of pyridine rings is 1. The van der Waals surface area contributed by atoms with E-state index in [1.54, 1.807) is 0 Å². The summed E-state index contributed by atoms with van der Waals surface area (Å²) in [5.74, 6) is 1.61. The molecule has 166 valence electrons. The normalized spacial score (nSPS) is 10.7. The third-order valence-corrected chi connectivity index (χ3v) is 6.23. The summed E-state index contributed by atoms with van der Waals surface area (Å²) in [7, 11) is 0. The van der Waals surface area contributed by atoms with Crippen LogP contribution in [0.2, 0.25) is 0 Å². The van der Waals surface area contributed by atoms with E-state index in [0.717, 1.165) is 39.7 Å². The summed E-state index contributed by atoms with van der Waals surface area (Å²) in [6.07, 6.45) is 5.11. The Kier molecular flexibility index (Phi) is 6.39.